The van der Waals surface area contributed by atoms with Crippen molar-refractivity contribution in [2.45, 2.75) is 39.3 Å². The molecule has 0 amide bonds. The SMILES string of the molecule is C#CC(C)(C)NS(=O)(=O)CCNC(C)C. The third kappa shape index (κ3) is 7.37. The van der Waals surface area contributed by atoms with Crippen LogP contribution >= 0.6 is 0 Å². The Morgan fingerprint density at radius 2 is 1.93 bits per heavy atom. The summed E-state index contributed by atoms with van der Waals surface area (Å²) in [6.45, 7) is 7.66. The van der Waals surface area contributed by atoms with Gasteiger partial charge in [0.15, 0.2) is 0 Å². The first-order valence-electron chi connectivity index (χ1n) is 4.91. The predicted octanol–water partition coefficient (Wildman–Crippen LogP) is 0.316. The normalized spacial score (nSPS) is 12.8. The van der Waals surface area contributed by atoms with Crippen molar-refractivity contribution in [3.05, 3.63) is 0 Å². The van der Waals surface area contributed by atoms with Crippen LogP contribution in [0.1, 0.15) is 27.7 Å². The van der Waals surface area contributed by atoms with Gasteiger partial charge in [-0.1, -0.05) is 19.8 Å². The van der Waals surface area contributed by atoms with Crippen LogP contribution in [0.4, 0.5) is 0 Å². The quantitative estimate of drug-likeness (QED) is 0.648. The average molecular weight is 232 g/mol. The summed E-state index contributed by atoms with van der Waals surface area (Å²) in [7, 11) is -3.30. The molecule has 0 unspecified atom stereocenters. The van der Waals surface area contributed by atoms with E-state index in [1.807, 2.05) is 13.8 Å². The predicted molar refractivity (Wildman–Crippen MR) is 63.0 cm³/mol. The lowest BCUT2D eigenvalue weighted by Gasteiger charge is -2.19. The Morgan fingerprint density at radius 3 is 2.33 bits per heavy atom. The molecule has 88 valence electrons. The molecule has 0 aliphatic heterocycles. The Labute approximate surface area is 92.9 Å². The Kier molecular flexibility index (Phi) is 5.29. The minimum Gasteiger partial charge on any atom is -0.313 e. The minimum atomic E-state index is -3.30. The number of hydrogen-bond acceptors (Lipinski definition) is 3. The largest absolute Gasteiger partial charge is 0.313 e. The fourth-order valence-electron chi connectivity index (χ4n) is 0.951. The highest BCUT2D eigenvalue weighted by Crippen LogP contribution is 2.01. The topological polar surface area (TPSA) is 58.2 Å². The van der Waals surface area contributed by atoms with Gasteiger partial charge >= 0.3 is 0 Å². The summed E-state index contributed by atoms with van der Waals surface area (Å²) in [5, 5.41) is 3.03. The fraction of sp³-hybridized carbons (Fsp3) is 0.800. The van der Waals surface area contributed by atoms with E-state index in [9.17, 15) is 8.42 Å². The first-order chi connectivity index (χ1) is 6.68. The Bertz CT molecular complexity index is 326. The number of rotatable bonds is 6. The first kappa shape index (κ1) is 14.4. The highest BCUT2D eigenvalue weighted by atomic mass is 32.2. The lowest BCUT2D eigenvalue weighted by Crippen LogP contribution is -2.45. The molecule has 0 aliphatic carbocycles. The summed E-state index contributed by atoms with van der Waals surface area (Å²) in [5.74, 6) is 2.42. The van der Waals surface area contributed by atoms with Crippen molar-refractivity contribution >= 4 is 10.0 Å². The third-order valence-electron chi connectivity index (χ3n) is 1.69. The second-order valence-corrected chi connectivity index (χ2v) is 6.14. The molecule has 0 spiro atoms. The van der Waals surface area contributed by atoms with Crippen molar-refractivity contribution in [3.63, 3.8) is 0 Å². The molecule has 0 fully saturated rings. The fourth-order valence-corrected chi connectivity index (χ4v) is 2.28. The van der Waals surface area contributed by atoms with Gasteiger partial charge in [0, 0.05) is 12.6 Å². The van der Waals surface area contributed by atoms with Gasteiger partial charge in [-0.25, -0.2) is 8.42 Å². The van der Waals surface area contributed by atoms with Crippen molar-refractivity contribution in [2.24, 2.45) is 0 Å². The molecule has 0 bridgehead atoms. The molecule has 4 nitrogen and oxygen atoms in total. The molecule has 0 radical (unpaired) electrons. The van der Waals surface area contributed by atoms with Crippen LogP contribution in [0.5, 0.6) is 0 Å². The average Bonchev–Trinajstić information content (AvgIpc) is 2.01. The van der Waals surface area contributed by atoms with Crippen molar-refractivity contribution in [1.29, 1.82) is 0 Å². The second kappa shape index (κ2) is 5.50. The lowest BCUT2D eigenvalue weighted by atomic mass is 10.1. The van der Waals surface area contributed by atoms with Crippen LogP contribution in [0.25, 0.3) is 0 Å². The van der Waals surface area contributed by atoms with E-state index in [0.29, 0.717) is 6.54 Å². The van der Waals surface area contributed by atoms with Crippen LogP contribution in [-0.2, 0) is 10.0 Å². The van der Waals surface area contributed by atoms with Crippen molar-refractivity contribution in [2.75, 3.05) is 12.3 Å². The van der Waals surface area contributed by atoms with E-state index in [1.165, 1.54) is 0 Å². The number of hydrogen-bond donors (Lipinski definition) is 2. The zero-order valence-electron chi connectivity index (χ0n) is 9.79. The van der Waals surface area contributed by atoms with Gasteiger partial charge in [-0.3, -0.25) is 0 Å². The van der Waals surface area contributed by atoms with Gasteiger partial charge in [-0.05, 0) is 13.8 Å². The summed E-state index contributed by atoms with van der Waals surface area (Å²) in [4.78, 5) is 0. The summed E-state index contributed by atoms with van der Waals surface area (Å²) in [6.07, 6.45) is 5.20. The molecule has 0 saturated heterocycles. The summed E-state index contributed by atoms with van der Waals surface area (Å²) in [5.41, 5.74) is -0.823. The van der Waals surface area contributed by atoms with Crippen LogP contribution in [0.3, 0.4) is 0 Å². The zero-order valence-corrected chi connectivity index (χ0v) is 10.6. The highest BCUT2D eigenvalue weighted by molar-refractivity contribution is 7.89. The Morgan fingerprint density at radius 1 is 1.40 bits per heavy atom. The molecule has 0 aliphatic rings. The van der Waals surface area contributed by atoms with E-state index < -0.39 is 15.6 Å². The maximum atomic E-state index is 11.5. The molecule has 5 heteroatoms. The zero-order chi connectivity index (χ0) is 12.1. The molecule has 0 atom stereocenters. The molecule has 0 aromatic carbocycles. The maximum absolute atomic E-state index is 11.5. The van der Waals surface area contributed by atoms with E-state index in [-0.39, 0.29) is 11.8 Å². The molecule has 0 saturated carbocycles. The number of nitrogens with one attached hydrogen (secondary N) is 2. The smallest absolute Gasteiger partial charge is 0.214 e. The van der Waals surface area contributed by atoms with E-state index in [1.54, 1.807) is 13.8 Å². The van der Waals surface area contributed by atoms with E-state index in [0.717, 1.165) is 0 Å². The maximum Gasteiger partial charge on any atom is 0.214 e. The van der Waals surface area contributed by atoms with Crippen LogP contribution in [-0.4, -0.2) is 32.3 Å². The molecule has 0 aromatic rings. The van der Waals surface area contributed by atoms with E-state index >= 15 is 0 Å². The molecule has 15 heavy (non-hydrogen) atoms. The minimum absolute atomic E-state index is 0.0380. The Hall–Kier alpha value is -0.570. The van der Waals surface area contributed by atoms with Crippen LogP contribution in [0.2, 0.25) is 0 Å². The standard InChI is InChI=1S/C10H20N2O2S/c1-6-10(4,5)12-15(13,14)8-7-11-9(2)3/h1,9,11-12H,7-8H2,2-5H3. The van der Waals surface area contributed by atoms with Gasteiger partial charge in [0.1, 0.15) is 0 Å². The molecule has 0 aromatic heterocycles. The van der Waals surface area contributed by atoms with Crippen molar-refractivity contribution in [3.8, 4) is 12.3 Å². The number of terminal acetylenes is 1. The van der Waals surface area contributed by atoms with Crippen LogP contribution in [0, 0.1) is 12.3 Å². The van der Waals surface area contributed by atoms with Gasteiger partial charge in [0.05, 0.1) is 11.3 Å². The van der Waals surface area contributed by atoms with Gasteiger partial charge in [-0.15, -0.1) is 6.42 Å². The molecule has 0 heterocycles. The van der Waals surface area contributed by atoms with Gasteiger partial charge < -0.3 is 5.32 Å². The highest BCUT2D eigenvalue weighted by Gasteiger charge is 2.21. The third-order valence-corrected chi connectivity index (χ3v) is 3.26. The van der Waals surface area contributed by atoms with E-state index in [2.05, 4.69) is 16.0 Å². The second-order valence-electron chi connectivity index (χ2n) is 4.30. The lowest BCUT2D eigenvalue weighted by molar-refractivity contribution is 0.532. The number of sulfonamides is 1. The Balaban J connectivity index is 4.17. The summed E-state index contributed by atoms with van der Waals surface area (Å²) >= 11 is 0. The molecule has 2 N–H and O–H groups in total. The molecular formula is C10H20N2O2S. The molecule has 0 rings (SSSR count). The van der Waals surface area contributed by atoms with Crippen LogP contribution < -0.4 is 10.0 Å². The van der Waals surface area contributed by atoms with E-state index in [4.69, 9.17) is 6.42 Å². The van der Waals surface area contributed by atoms with Gasteiger partial charge in [0.25, 0.3) is 0 Å². The van der Waals surface area contributed by atoms with Gasteiger partial charge in [-0.2, -0.15) is 4.72 Å². The first-order valence-corrected chi connectivity index (χ1v) is 6.56. The summed E-state index contributed by atoms with van der Waals surface area (Å²) in [6, 6.07) is 0.279. The van der Waals surface area contributed by atoms with Gasteiger partial charge in [0.2, 0.25) is 10.0 Å². The van der Waals surface area contributed by atoms with Crippen molar-refractivity contribution < 1.29 is 8.42 Å². The monoisotopic (exact) mass is 232 g/mol. The van der Waals surface area contributed by atoms with Crippen LogP contribution in [0.15, 0.2) is 0 Å². The summed E-state index contributed by atoms with van der Waals surface area (Å²) < 4.78 is 25.5. The van der Waals surface area contributed by atoms with Crippen molar-refractivity contribution in [1.82, 2.24) is 10.0 Å². The molecular weight excluding hydrogens is 212 g/mol.